The summed E-state index contributed by atoms with van der Waals surface area (Å²) in [5.74, 6) is -1.81. The van der Waals surface area contributed by atoms with E-state index in [0.29, 0.717) is 12.0 Å². The molecule has 0 aromatic rings. The van der Waals surface area contributed by atoms with Crippen molar-refractivity contribution in [3.05, 3.63) is 47.1 Å². The van der Waals surface area contributed by atoms with Crippen LogP contribution in [0.1, 0.15) is 47.0 Å². The minimum Gasteiger partial charge on any atom is -0.461 e. The largest absolute Gasteiger partial charge is 0.461 e. The van der Waals surface area contributed by atoms with Gasteiger partial charge >= 0.3 is 17.9 Å². The quantitative estimate of drug-likeness (QED) is 0.317. The Labute approximate surface area is 165 Å². The average molecular weight is 388 g/mol. The summed E-state index contributed by atoms with van der Waals surface area (Å²) in [7, 11) is 0. The summed E-state index contributed by atoms with van der Waals surface area (Å²) in [4.78, 5) is 35.9. The van der Waals surface area contributed by atoms with Gasteiger partial charge < -0.3 is 14.2 Å². The number of allylic oxidation sites excluding steroid dienone is 3. The molecule has 0 aromatic heterocycles. The third kappa shape index (κ3) is 5.44. The molecule has 1 fully saturated rings. The molecule has 6 nitrogen and oxygen atoms in total. The van der Waals surface area contributed by atoms with Crippen LogP contribution in [0.3, 0.4) is 0 Å². The highest BCUT2D eigenvalue weighted by molar-refractivity contribution is 5.92. The van der Waals surface area contributed by atoms with Crippen LogP contribution >= 0.6 is 0 Å². The van der Waals surface area contributed by atoms with Crippen molar-refractivity contribution in [3.63, 3.8) is 0 Å². The van der Waals surface area contributed by atoms with Crippen LogP contribution in [0.5, 0.6) is 0 Å². The minimum atomic E-state index is -0.657. The van der Waals surface area contributed by atoms with Crippen LogP contribution < -0.4 is 0 Å². The second kappa shape index (κ2) is 9.53. The van der Waals surface area contributed by atoms with Gasteiger partial charge in [-0.1, -0.05) is 24.3 Å². The van der Waals surface area contributed by atoms with Crippen molar-refractivity contribution in [2.24, 2.45) is 5.92 Å². The van der Waals surface area contributed by atoms with Gasteiger partial charge in [-0.15, -0.1) is 0 Å². The van der Waals surface area contributed by atoms with Crippen molar-refractivity contribution in [3.8, 4) is 0 Å². The van der Waals surface area contributed by atoms with Gasteiger partial charge in [-0.3, -0.25) is 4.79 Å². The van der Waals surface area contributed by atoms with Crippen LogP contribution in [0, 0.1) is 5.92 Å². The van der Waals surface area contributed by atoms with Crippen LogP contribution in [0.4, 0.5) is 0 Å². The van der Waals surface area contributed by atoms with Crippen molar-refractivity contribution in [2.75, 3.05) is 6.61 Å². The van der Waals surface area contributed by atoms with E-state index >= 15 is 0 Å². The van der Waals surface area contributed by atoms with Gasteiger partial charge in [0.15, 0.2) is 0 Å². The molecule has 2 rings (SSSR count). The molecule has 0 aromatic carbocycles. The molecule has 3 unspecified atom stereocenters. The molecule has 2 aliphatic rings. The molecule has 0 bridgehead atoms. The predicted molar refractivity (Wildman–Crippen MR) is 104 cm³/mol. The maximum absolute atomic E-state index is 12.4. The van der Waals surface area contributed by atoms with E-state index in [1.165, 1.54) is 6.92 Å². The van der Waals surface area contributed by atoms with E-state index in [0.717, 1.165) is 24.0 Å². The Hall–Kier alpha value is -2.63. The first kappa shape index (κ1) is 21.7. The van der Waals surface area contributed by atoms with Crippen LogP contribution in [0.2, 0.25) is 0 Å². The molecule has 3 atom stereocenters. The Morgan fingerprint density at radius 3 is 2.71 bits per heavy atom. The molecule has 152 valence electrons. The first-order valence-corrected chi connectivity index (χ1v) is 9.45. The SMILES string of the molecule is C=C1C(=O)OC2C=C(C)CCC=C(COC(C)=O)CC(OC(=O)C(C)=CC)C12. The molecular weight excluding hydrogens is 360 g/mol. The molecule has 1 saturated heterocycles. The van der Waals surface area contributed by atoms with Gasteiger partial charge in [0, 0.05) is 24.5 Å². The van der Waals surface area contributed by atoms with E-state index < -0.39 is 30.1 Å². The fraction of sp³-hybridized carbons (Fsp3) is 0.500. The lowest BCUT2D eigenvalue weighted by molar-refractivity contribution is -0.148. The van der Waals surface area contributed by atoms with E-state index in [1.54, 1.807) is 19.9 Å². The fourth-order valence-electron chi connectivity index (χ4n) is 3.29. The van der Waals surface area contributed by atoms with Crippen LogP contribution in [0.15, 0.2) is 47.1 Å². The number of carbonyl (C=O) groups is 3. The lowest BCUT2D eigenvalue weighted by atomic mass is 9.85. The molecule has 1 aliphatic carbocycles. The Morgan fingerprint density at radius 1 is 1.36 bits per heavy atom. The van der Waals surface area contributed by atoms with Crippen LogP contribution in [0.25, 0.3) is 0 Å². The molecule has 1 aliphatic heterocycles. The minimum absolute atomic E-state index is 0.118. The highest BCUT2D eigenvalue weighted by Gasteiger charge is 2.44. The predicted octanol–water partition coefficient (Wildman–Crippen LogP) is 3.58. The second-order valence-electron chi connectivity index (χ2n) is 7.23. The summed E-state index contributed by atoms with van der Waals surface area (Å²) in [5.41, 5.74) is 2.67. The van der Waals surface area contributed by atoms with Crippen molar-refractivity contribution >= 4 is 17.9 Å². The molecule has 0 radical (unpaired) electrons. The number of fused-ring (bicyclic) bond motifs is 1. The number of ether oxygens (including phenoxy) is 3. The molecule has 1 heterocycles. The van der Waals surface area contributed by atoms with E-state index in [4.69, 9.17) is 14.2 Å². The van der Waals surface area contributed by atoms with E-state index in [9.17, 15) is 14.4 Å². The van der Waals surface area contributed by atoms with Gasteiger partial charge in [-0.05, 0) is 45.3 Å². The number of esters is 3. The summed E-state index contributed by atoms with van der Waals surface area (Å²) in [5, 5.41) is 0. The molecule has 0 amide bonds. The standard InChI is InChI=1S/C22H28O6/c1-6-14(3)21(24)27-19-11-17(12-26-16(5)23)9-7-8-13(2)10-18-20(19)15(4)22(25)28-18/h6,9-10,18-20H,4,7-8,11-12H2,1-3,5H3. The Balaban J connectivity index is 2.40. The van der Waals surface area contributed by atoms with E-state index in [2.05, 4.69) is 6.58 Å². The lowest BCUT2D eigenvalue weighted by Gasteiger charge is -2.28. The van der Waals surface area contributed by atoms with Gasteiger partial charge in [-0.2, -0.15) is 0 Å². The number of rotatable bonds is 4. The zero-order valence-electron chi connectivity index (χ0n) is 16.9. The third-order valence-corrected chi connectivity index (χ3v) is 5.02. The summed E-state index contributed by atoms with van der Waals surface area (Å²) < 4.78 is 16.4. The molecular formula is C22H28O6. The van der Waals surface area contributed by atoms with Gasteiger partial charge in [0.1, 0.15) is 18.8 Å². The summed E-state index contributed by atoms with van der Waals surface area (Å²) in [6.45, 7) is 10.7. The van der Waals surface area contributed by atoms with Crippen LogP contribution in [-0.2, 0) is 28.6 Å². The maximum atomic E-state index is 12.4. The summed E-state index contributed by atoms with van der Waals surface area (Å²) in [6, 6.07) is 0. The summed E-state index contributed by atoms with van der Waals surface area (Å²) in [6.07, 6.45) is 6.27. The highest BCUT2D eigenvalue weighted by Crippen LogP contribution is 2.36. The summed E-state index contributed by atoms with van der Waals surface area (Å²) >= 11 is 0. The fourth-order valence-corrected chi connectivity index (χ4v) is 3.29. The van der Waals surface area contributed by atoms with Gasteiger partial charge in [0.2, 0.25) is 0 Å². The third-order valence-electron chi connectivity index (χ3n) is 5.02. The topological polar surface area (TPSA) is 78.9 Å². The van der Waals surface area contributed by atoms with Crippen molar-refractivity contribution in [2.45, 2.75) is 59.2 Å². The zero-order valence-corrected chi connectivity index (χ0v) is 16.9. The van der Waals surface area contributed by atoms with E-state index in [1.807, 2.05) is 19.1 Å². The molecule has 0 spiro atoms. The van der Waals surface area contributed by atoms with Crippen molar-refractivity contribution in [1.82, 2.24) is 0 Å². The number of hydrogen-bond acceptors (Lipinski definition) is 6. The first-order chi connectivity index (χ1) is 13.2. The normalized spacial score (nSPS) is 25.9. The van der Waals surface area contributed by atoms with Crippen LogP contribution in [-0.4, -0.2) is 36.7 Å². The van der Waals surface area contributed by atoms with Gasteiger partial charge in [0.25, 0.3) is 0 Å². The molecule has 0 saturated carbocycles. The second-order valence-corrected chi connectivity index (χ2v) is 7.23. The number of carbonyl (C=O) groups excluding carboxylic acids is 3. The zero-order chi connectivity index (χ0) is 20.8. The van der Waals surface area contributed by atoms with Gasteiger partial charge in [-0.25, -0.2) is 9.59 Å². The molecule has 0 N–H and O–H groups in total. The number of hydrogen-bond donors (Lipinski definition) is 0. The van der Waals surface area contributed by atoms with Gasteiger partial charge in [0.05, 0.1) is 5.92 Å². The Morgan fingerprint density at radius 2 is 2.07 bits per heavy atom. The Kier molecular flexibility index (Phi) is 7.38. The van der Waals surface area contributed by atoms with Crippen molar-refractivity contribution < 1.29 is 28.6 Å². The monoisotopic (exact) mass is 388 g/mol. The smallest absolute Gasteiger partial charge is 0.334 e. The molecule has 28 heavy (non-hydrogen) atoms. The molecule has 6 heteroatoms. The Bertz CT molecular complexity index is 755. The average Bonchev–Trinajstić information content (AvgIpc) is 2.91. The first-order valence-electron chi connectivity index (χ1n) is 9.45. The van der Waals surface area contributed by atoms with Crippen molar-refractivity contribution in [1.29, 1.82) is 0 Å². The maximum Gasteiger partial charge on any atom is 0.334 e. The van der Waals surface area contributed by atoms with E-state index in [-0.39, 0.29) is 18.1 Å². The highest BCUT2D eigenvalue weighted by atomic mass is 16.6. The lowest BCUT2D eigenvalue weighted by Crippen LogP contribution is -2.34.